The highest BCUT2D eigenvalue weighted by molar-refractivity contribution is 6.01. The molecule has 2 aliphatic rings. The second-order valence-electron chi connectivity index (χ2n) is 11.1. The number of hydrogen-bond donors (Lipinski definition) is 2. The van der Waals surface area contributed by atoms with Gasteiger partial charge in [-0.3, -0.25) is 9.69 Å². The lowest BCUT2D eigenvalue weighted by molar-refractivity contribution is -0.128. The van der Waals surface area contributed by atoms with Crippen molar-refractivity contribution in [2.45, 2.75) is 31.0 Å². The number of aliphatic hydroxyl groups excluding tert-OH is 1. The molecule has 1 saturated heterocycles. The van der Waals surface area contributed by atoms with Gasteiger partial charge >= 0.3 is 0 Å². The molecule has 0 saturated carbocycles. The molecule has 1 amide bonds. The molecular formula is C35H40N6O5. The molecule has 2 N–H and O–H groups in total. The fourth-order valence-electron chi connectivity index (χ4n) is 5.58. The number of amides is 1. The van der Waals surface area contributed by atoms with Gasteiger partial charge in [0, 0.05) is 56.1 Å². The zero-order valence-corrected chi connectivity index (χ0v) is 25.8. The maximum absolute atomic E-state index is 14.4. The molecule has 3 aromatic rings. The fraction of sp³-hybridized carbons (Fsp3) is 0.371. The van der Waals surface area contributed by atoms with Crippen LogP contribution in [0, 0.1) is 0 Å². The lowest BCUT2D eigenvalue weighted by Gasteiger charge is -2.31. The molecule has 46 heavy (non-hydrogen) atoms. The Balaban J connectivity index is 1.51. The first kappa shape index (κ1) is 32.7. The van der Waals surface area contributed by atoms with E-state index in [4.69, 9.17) is 29.8 Å². The van der Waals surface area contributed by atoms with Crippen molar-refractivity contribution in [2.24, 2.45) is 10.1 Å². The van der Waals surface area contributed by atoms with Crippen LogP contribution in [0.25, 0.3) is 16.5 Å². The SMILES string of the molecule is [N-]=[N+]=NCc1ccccc1[C@H]1OC(c2ccc(OCCCO)cc2)=N[C@@]1(C/C=C/c1ccccc1)C(=O)NCCN1CCOCC1. The van der Waals surface area contributed by atoms with Gasteiger partial charge < -0.3 is 24.6 Å². The van der Waals surface area contributed by atoms with Gasteiger partial charge in [0.25, 0.3) is 5.91 Å². The summed E-state index contributed by atoms with van der Waals surface area (Å²) in [4.78, 5) is 24.8. The highest BCUT2D eigenvalue weighted by Crippen LogP contribution is 2.44. The number of nitrogens with one attached hydrogen (secondary N) is 1. The van der Waals surface area contributed by atoms with Crippen molar-refractivity contribution in [1.29, 1.82) is 0 Å². The van der Waals surface area contributed by atoms with E-state index in [1.807, 2.05) is 91.0 Å². The van der Waals surface area contributed by atoms with Gasteiger partial charge in [0.05, 0.1) is 26.4 Å². The van der Waals surface area contributed by atoms with Crippen LogP contribution in [0.2, 0.25) is 0 Å². The maximum Gasteiger partial charge on any atom is 0.252 e. The van der Waals surface area contributed by atoms with Crippen LogP contribution in [0.3, 0.4) is 0 Å². The summed E-state index contributed by atoms with van der Waals surface area (Å²) in [6.45, 7) is 4.70. The topological polar surface area (TPSA) is 141 Å². The molecule has 2 atom stereocenters. The number of benzene rings is 3. The third-order valence-corrected chi connectivity index (χ3v) is 8.03. The van der Waals surface area contributed by atoms with E-state index >= 15 is 0 Å². The van der Waals surface area contributed by atoms with Gasteiger partial charge in [-0.2, -0.15) is 0 Å². The van der Waals surface area contributed by atoms with Gasteiger partial charge in [0.1, 0.15) is 5.75 Å². The van der Waals surface area contributed by atoms with E-state index in [2.05, 4.69) is 20.2 Å². The minimum atomic E-state index is -1.35. The average molecular weight is 625 g/mol. The summed E-state index contributed by atoms with van der Waals surface area (Å²) in [6.07, 6.45) is 3.95. The van der Waals surface area contributed by atoms with Crippen LogP contribution in [0.1, 0.15) is 41.2 Å². The van der Waals surface area contributed by atoms with E-state index in [1.165, 1.54) is 0 Å². The van der Waals surface area contributed by atoms with Crippen LogP contribution in [0.15, 0.2) is 95.0 Å². The number of aliphatic hydroxyl groups is 1. The summed E-state index contributed by atoms with van der Waals surface area (Å²) < 4.78 is 17.8. The Morgan fingerprint density at radius 2 is 1.87 bits per heavy atom. The van der Waals surface area contributed by atoms with Crippen molar-refractivity contribution in [3.8, 4) is 5.75 Å². The molecule has 2 aliphatic heterocycles. The summed E-state index contributed by atoms with van der Waals surface area (Å²) in [5, 5.41) is 16.1. The van der Waals surface area contributed by atoms with Crippen molar-refractivity contribution in [3.05, 3.63) is 118 Å². The first-order chi connectivity index (χ1) is 22.6. The van der Waals surface area contributed by atoms with Crippen LogP contribution in [-0.4, -0.2) is 80.0 Å². The van der Waals surface area contributed by atoms with Crippen molar-refractivity contribution in [2.75, 3.05) is 52.6 Å². The average Bonchev–Trinajstić information content (AvgIpc) is 3.49. The largest absolute Gasteiger partial charge is 0.494 e. The van der Waals surface area contributed by atoms with Crippen LogP contribution < -0.4 is 10.1 Å². The first-order valence-electron chi connectivity index (χ1n) is 15.6. The van der Waals surface area contributed by atoms with E-state index in [1.54, 1.807) is 0 Å². The zero-order chi connectivity index (χ0) is 32.0. The lowest BCUT2D eigenvalue weighted by Crippen LogP contribution is -2.50. The molecule has 0 aromatic heterocycles. The highest BCUT2D eigenvalue weighted by Gasteiger charge is 2.53. The molecule has 0 unspecified atom stereocenters. The summed E-state index contributed by atoms with van der Waals surface area (Å²) in [5.41, 5.74) is 10.9. The number of ether oxygens (including phenoxy) is 3. The van der Waals surface area contributed by atoms with Gasteiger partial charge in [-0.05, 0) is 46.5 Å². The molecule has 5 rings (SSSR count). The van der Waals surface area contributed by atoms with Crippen LogP contribution in [-0.2, 0) is 20.8 Å². The number of rotatable bonds is 15. The number of nitrogens with zero attached hydrogens (tertiary/aromatic N) is 5. The molecule has 240 valence electrons. The molecule has 2 heterocycles. The molecule has 11 heteroatoms. The summed E-state index contributed by atoms with van der Waals surface area (Å²) in [6, 6.07) is 24.8. The van der Waals surface area contributed by atoms with Gasteiger partial charge in [-0.25, -0.2) is 4.99 Å². The first-order valence-corrected chi connectivity index (χ1v) is 15.6. The molecule has 0 spiro atoms. The van der Waals surface area contributed by atoms with Crippen LogP contribution in [0.4, 0.5) is 0 Å². The fourth-order valence-corrected chi connectivity index (χ4v) is 5.58. The predicted molar refractivity (Wildman–Crippen MR) is 176 cm³/mol. The van der Waals surface area contributed by atoms with E-state index in [0.29, 0.717) is 56.5 Å². The number of morpholine rings is 1. The molecule has 0 bridgehead atoms. The van der Waals surface area contributed by atoms with E-state index in [0.717, 1.165) is 29.8 Å². The highest BCUT2D eigenvalue weighted by atomic mass is 16.5. The van der Waals surface area contributed by atoms with Crippen LogP contribution >= 0.6 is 0 Å². The Bertz CT molecular complexity index is 1530. The van der Waals surface area contributed by atoms with Gasteiger partial charge in [-0.1, -0.05) is 71.9 Å². The summed E-state index contributed by atoms with van der Waals surface area (Å²) in [7, 11) is 0. The van der Waals surface area contributed by atoms with Crippen molar-refractivity contribution in [3.63, 3.8) is 0 Å². The molecular weight excluding hydrogens is 584 g/mol. The smallest absolute Gasteiger partial charge is 0.252 e. The molecule has 0 radical (unpaired) electrons. The van der Waals surface area contributed by atoms with E-state index in [-0.39, 0.29) is 25.5 Å². The quantitative estimate of drug-likeness (QED) is 0.105. The normalized spacial score (nSPS) is 19.7. The van der Waals surface area contributed by atoms with Crippen molar-refractivity contribution < 1.29 is 24.1 Å². The van der Waals surface area contributed by atoms with Crippen molar-refractivity contribution in [1.82, 2.24) is 10.2 Å². The van der Waals surface area contributed by atoms with Gasteiger partial charge in [0.2, 0.25) is 5.90 Å². The number of hydrogen-bond acceptors (Lipinski definition) is 8. The van der Waals surface area contributed by atoms with Gasteiger partial charge in [-0.15, -0.1) is 0 Å². The monoisotopic (exact) mass is 624 g/mol. The Hall–Kier alpha value is -4.67. The van der Waals surface area contributed by atoms with Gasteiger partial charge in [0.15, 0.2) is 11.6 Å². The Kier molecular flexibility index (Phi) is 11.8. The Morgan fingerprint density at radius 3 is 2.63 bits per heavy atom. The summed E-state index contributed by atoms with van der Waals surface area (Å²) >= 11 is 0. The molecule has 1 fully saturated rings. The second-order valence-corrected chi connectivity index (χ2v) is 11.1. The second kappa shape index (κ2) is 16.6. The molecule has 3 aromatic carbocycles. The van der Waals surface area contributed by atoms with Crippen molar-refractivity contribution >= 4 is 17.9 Å². The summed E-state index contributed by atoms with van der Waals surface area (Å²) in [5.74, 6) is 0.743. The number of carbonyl (C=O) groups is 1. The van der Waals surface area contributed by atoms with Crippen LogP contribution in [0.5, 0.6) is 5.75 Å². The molecule has 11 nitrogen and oxygen atoms in total. The Labute approximate surface area is 269 Å². The molecule has 0 aliphatic carbocycles. The number of carbonyl (C=O) groups excluding carboxylic acids is 1. The van der Waals surface area contributed by atoms with E-state index < -0.39 is 11.6 Å². The number of azide groups is 1. The lowest BCUT2D eigenvalue weighted by atomic mass is 9.82. The predicted octanol–water partition coefficient (Wildman–Crippen LogP) is 5.07. The standard InChI is InChI=1S/C35H40N6O5/c36-40-38-26-29-11-4-5-12-31(29)32-35(17-6-10-27-8-2-1-3-9-27,34(43)37-18-19-41-20-24-44-25-21-41)39-33(46-32)28-13-15-30(16-14-28)45-23-7-22-42/h1-6,8-16,32,42H,7,17-26H2,(H,37,43)/b10-6+/t32-,35-/m1/s1. The minimum Gasteiger partial charge on any atom is -0.494 e. The third-order valence-electron chi connectivity index (χ3n) is 8.03. The minimum absolute atomic E-state index is 0.0561. The Morgan fingerprint density at radius 1 is 1.11 bits per heavy atom. The third kappa shape index (κ3) is 8.32. The van der Waals surface area contributed by atoms with E-state index in [9.17, 15) is 4.79 Å². The zero-order valence-electron chi connectivity index (χ0n) is 25.8. The maximum atomic E-state index is 14.4. The number of aliphatic imine (C=N–C) groups is 1.